The van der Waals surface area contributed by atoms with Gasteiger partial charge in [0.2, 0.25) is 0 Å². The third-order valence-electron chi connectivity index (χ3n) is 2.43. The van der Waals surface area contributed by atoms with E-state index in [2.05, 4.69) is 20.7 Å². The van der Waals surface area contributed by atoms with Gasteiger partial charge >= 0.3 is 0 Å². The Kier molecular flexibility index (Phi) is 3.86. The van der Waals surface area contributed by atoms with Crippen LogP contribution in [0.1, 0.15) is 12.7 Å². The first-order valence-corrected chi connectivity index (χ1v) is 5.69. The largest absolute Gasteiger partial charge is 0.338 e. The van der Waals surface area contributed by atoms with Gasteiger partial charge < -0.3 is 10.7 Å². The van der Waals surface area contributed by atoms with E-state index in [0.29, 0.717) is 23.9 Å². The Morgan fingerprint density at radius 3 is 2.53 bits per heavy atom. The van der Waals surface area contributed by atoms with Gasteiger partial charge in [-0.3, -0.25) is 0 Å². The van der Waals surface area contributed by atoms with Crippen LogP contribution in [-0.4, -0.2) is 9.97 Å². The zero-order valence-corrected chi connectivity index (χ0v) is 10.2. The standard InChI is InChI=1S/C12H13F2N5/c1-2-10-17-11(6-12(18-10)19-15)16-9-4-3-7(13)5-8(9)14/h3-6H,2,15H2,1H3,(H2,16,17,18,19). The van der Waals surface area contributed by atoms with E-state index in [1.807, 2.05) is 6.92 Å². The fraction of sp³-hybridized carbons (Fsp3) is 0.167. The van der Waals surface area contributed by atoms with Crippen LogP contribution in [0, 0.1) is 11.6 Å². The van der Waals surface area contributed by atoms with Crippen LogP contribution in [0.25, 0.3) is 0 Å². The maximum Gasteiger partial charge on any atom is 0.149 e. The van der Waals surface area contributed by atoms with Crippen molar-refractivity contribution in [1.29, 1.82) is 0 Å². The summed E-state index contributed by atoms with van der Waals surface area (Å²) in [4.78, 5) is 8.29. The van der Waals surface area contributed by atoms with Gasteiger partial charge in [-0.05, 0) is 12.1 Å². The van der Waals surface area contributed by atoms with Gasteiger partial charge in [-0.15, -0.1) is 0 Å². The zero-order chi connectivity index (χ0) is 13.8. The van der Waals surface area contributed by atoms with Crippen LogP contribution >= 0.6 is 0 Å². The SMILES string of the molecule is CCc1nc(NN)cc(Nc2ccc(F)cc2F)n1. The third kappa shape index (κ3) is 3.14. The van der Waals surface area contributed by atoms with Gasteiger partial charge in [0, 0.05) is 18.6 Å². The van der Waals surface area contributed by atoms with E-state index >= 15 is 0 Å². The molecule has 19 heavy (non-hydrogen) atoms. The minimum Gasteiger partial charge on any atom is -0.338 e. The maximum atomic E-state index is 13.5. The molecule has 4 N–H and O–H groups in total. The van der Waals surface area contributed by atoms with Gasteiger partial charge in [0.1, 0.15) is 29.1 Å². The Morgan fingerprint density at radius 2 is 1.89 bits per heavy atom. The molecule has 0 amide bonds. The minimum atomic E-state index is -0.695. The molecule has 1 heterocycles. The quantitative estimate of drug-likeness (QED) is 0.584. The molecule has 0 aliphatic carbocycles. The molecule has 0 unspecified atom stereocenters. The van der Waals surface area contributed by atoms with Crippen molar-refractivity contribution in [2.45, 2.75) is 13.3 Å². The summed E-state index contributed by atoms with van der Waals surface area (Å²) < 4.78 is 26.3. The molecule has 0 aliphatic heterocycles. The number of aromatic nitrogens is 2. The lowest BCUT2D eigenvalue weighted by atomic mass is 10.3. The molecule has 0 saturated carbocycles. The summed E-state index contributed by atoms with van der Waals surface area (Å²) in [6, 6.07) is 4.79. The van der Waals surface area contributed by atoms with Crippen LogP contribution in [-0.2, 0) is 6.42 Å². The molecular formula is C12H13F2N5. The van der Waals surface area contributed by atoms with Gasteiger partial charge in [0.05, 0.1) is 5.69 Å². The van der Waals surface area contributed by atoms with Crippen LogP contribution in [0.4, 0.5) is 26.1 Å². The van der Waals surface area contributed by atoms with Crippen molar-refractivity contribution in [3.05, 3.63) is 41.7 Å². The van der Waals surface area contributed by atoms with Gasteiger partial charge in [-0.1, -0.05) is 6.92 Å². The molecule has 0 atom stereocenters. The smallest absolute Gasteiger partial charge is 0.149 e. The maximum absolute atomic E-state index is 13.5. The molecule has 0 aliphatic rings. The van der Waals surface area contributed by atoms with E-state index in [9.17, 15) is 8.78 Å². The number of nitrogens with one attached hydrogen (secondary N) is 2. The molecule has 1 aromatic carbocycles. The van der Waals surface area contributed by atoms with Crippen molar-refractivity contribution in [1.82, 2.24) is 9.97 Å². The number of nitrogens with two attached hydrogens (primary N) is 1. The van der Waals surface area contributed by atoms with Gasteiger partial charge in [0.25, 0.3) is 0 Å². The van der Waals surface area contributed by atoms with Crippen molar-refractivity contribution in [3.8, 4) is 0 Å². The molecule has 100 valence electrons. The van der Waals surface area contributed by atoms with Crippen molar-refractivity contribution in [2.24, 2.45) is 5.84 Å². The highest BCUT2D eigenvalue weighted by Gasteiger charge is 2.07. The lowest BCUT2D eigenvalue weighted by Crippen LogP contribution is -2.11. The summed E-state index contributed by atoms with van der Waals surface area (Å²) in [5.41, 5.74) is 2.54. The summed E-state index contributed by atoms with van der Waals surface area (Å²) in [5.74, 6) is 5.31. The van der Waals surface area contributed by atoms with Crippen molar-refractivity contribution >= 4 is 17.3 Å². The summed E-state index contributed by atoms with van der Waals surface area (Å²) in [5, 5.41) is 2.76. The molecule has 0 fully saturated rings. The first kappa shape index (κ1) is 13.2. The first-order chi connectivity index (χ1) is 9.12. The normalized spacial score (nSPS) is 10.3. The number of rotatable bonds is 4. The van der Waals surface area contributed by atoms with Gasteiger partial charge in [-0.2, -0.15) is 0 Å². The molecule has 2 rings (SSSR count). The van der Waals surface area contributed by atoms with E-state index in [-0.39, 0.29) is 5.69 Å². The Bertz CT molecular complexity index is 566. The number of aryl methyl sites for hydroxylation is 1. The van der Waals surface area contributed by atoms with E-state index < -0.39 is 11.6 Å². The van der Waals surface area contributed by atoms with Crippen LogP contribution in [0.2, 0.25) is 0 Å². The number of hydrazine groups is 1. The zero-order valence-electron chi connectivity index (χ0n) is 10.2. The molecule has 7 heteroatoms. The number of nitrogen functional groups attached to an aromatic ring is 1. The monoisotopic (exact) mass is 265 g/mol. The average Bonchev–Trinajstić information content (AvgIpc) is 2.41. The van der Waals surface area contributed by atoms with E-state index in [0.717, 1.165) is 12.1 Å². The fourth-order valence-electron chi connectivity index (χ4n) is 1.52. The molecule has 0 radical (unpaired) electrons. The second kappa shape index (κ2) is 5.57. The summed E-state index contributed by atoms with van der Waals surface area (Å²) in [6.45, 7) is 1.89. The molecule has 0 saturated heterocycles. The molecule has 5 nitrogen and oxygen atoms in total. The lowest BCUT2D eigenvalue weighted by molar-refractivity contribution is 0.586. The van der Waals surface area contributed by atoms with E-state index in [4.69, 9.17) is 5.84 Å². The van der Waals surface area contributed by atoms with Crippen LogP contribution in [0.15, 0.2) is 24.3 Å². The number of anilines is 3. The minimum absolute atomic E-state index is 0.130. The summed E-state index contributed by atoms with van der Waals surface area (Å²) in [6.07, 6.45) is 0.607. The number of benzene rings is 1. The number of hydrogen-bond acceptors (Lipinski definition) is 5. The number of nitrogens with zero attached hydrogens (tertiary/aromatic N) is 2. The predicted molar refractivity (Wildman–Crippen MR) is 68.9 cm³/mol. The number of halogens is 2. The predicted octanol–water partition coefficient (Wildman–Crippen LogP) is 2.35. The van der Waals surface area contributed by atoms with Crippen LogP contribution in [0.5, 0.6) is 0 Å². The molecule has 2 aromatic rings. The van der Waals surface area contributed by atoms with Crippen molar-refractivity contribution in [2.75, 3.05) is 10.7 Å². The Morgan fingerprint density at radius 1 is 1.16 bits per heavy atom. The van der Waals surface area contributed by atoms with Crippen molar-refractivity contribution < 1.29 is 8.78 Å². The van der Waals surface area contributed by atoms with Gasteiger partial charge in [-0.25, -0.2) is 24.6 Å². The van der Waals surface area contributed by atoms with Crippen molar-refractivity contribution in [3.63, 3.8) is 0 Å². The summed E-state index contributed by atoms with van der Waals surface area (Å²) >= 11 is 0. The van der Waals surface area contributed by atoms with Gasteiger partial charge in [0.15, 0.2) is 0 Å². The second-order valence-corrected chi connectivity index (χ2v) is 3.80. The fourth-order valence-corrected chi connectivity index (χ4v) is 1.52. The first-order valence-electron chi connectivity index (χ1n) is 5.69. The van der Waals surface area contributed by atoms with Crippen LogP contribution in [0.3, 0.4) is 0 Å². The summed E-state index contributed by atoms with van der Waals surface area (Å²) in [7, 11) is 0. The molecule has 1 aromatic heterocycles. The van der Waals surface area contributed by atoms with E-state index in [1.165, 1.54) is 12.1 Å². The Hall–Kier alpha value is -2.28. The topological polar surface area (TPSA) is 75.9 Å². The van der Waals surface area contributed by atoms with E-state index in [1.54, 1.807) is 0 Å². The number of hydrogen-bond donors (Lipinski definition) is 3. The highest BCUT2D eigenvalue weighted by atomic mass is 19.1. The lowest BCUT2D eigenvalue weighted by Gasteiger charge is -2.09. The molecular weight excluding hydrogens is 252 g/mol. The Balaban J connectivity index is 2.31. The third-order valence-corrected chi connectivity index (χ3v) is 2.43. The molecule has 0 bridgehead atoms. The Labute approximate surface area is 108 Å². The highest BCUT2D eigenvalue weighted by Crippen LogP contribution is 2.20. The molecule has 0 spiro atoms. The average molecular weight is 265 g/mol. The second-order valence-electron chi connectivity index (χ2n) is 3.80. The highest BCUT2D eigenvalue weighted by molar-refractivity contribution is 5.59. The van der Waals surface area contributed by atoms with Crippen LogP contribution < -0.4 is 16.6 Å².